The summed E-state index contributed by atoms with van der Waals surface area (Å²) in [6.07, 6.45) is -1.13. The molecule has 0 atom stereocenters. The number of nitrogens with two attached hydrogens (primary N) is 1. The number of halogens is 1. The van der Waals surface area contributed by atoms with Crippen LogP contribution in [0.3, 0.4) is 0 Å². The Morgan fingerprint density at radius 2 is 1.91 bits per heavy atom. The minimum Gasteiger partial charge on any atom is -0.409 e. The predicted molar refractivity (Wildman–Crippen MR) is 77.7 cm³/mol. The Morgan fingerprint density at radius 1 is 1.22 bits per heavy atom. The Labute approximate surface area is 128 Å². The number of hydrogen-bond donors (Lipinski definition) is 2. The summed E-state index contributed by atoms with van der Waals surface area (Å²) in [4.78, 5) is 32.9. The number of nitrogens with one attached hydrogen (secondary N) is 1. The summed E-state index contributed by atoms with van der Waals surface area (Å²) >= 11 is 0. The van der Waals surface area contributed by atoms with Crippen LogP contribution in [-0.2, 0) is 0 Å². The second-order valence-electron chi connectivity index (χ2n) is 4.30. The van der Waals surface area contributed by atoms with E-state index in [0.717, 1.165) is 18.2 Å². The maximum atomic E-state index is 13.6. The van der Waals surface area contributed by atoms with Gasteiger partial charge in [-0.2, -0.15) is 0 Å². The molecule has 0 saturated carbocycles. The average molecular weight is 319 g/mol. The second kappa shape index (κ2) is 6.52. The Kier molecular flexibility index (Phi) is 4.50. The SMILES string of the molecule is NC(=O)c1ccccc1OC(=O)Nc1cc([N+](=O)[O-])ccc1F. The molecule has 0 saturated heterocycles. The number of para-hydroxylation sites is 1. The van der Waals surface area contributed by atoms with Gasteiger partial charge in [-0.05, 0) is 18.2 Å². The van der Waals surface area contributed by atoms with Gasteiger partial charge in [0, 0.05) is 12.1 Å². The lowest BCUT2D eigenvalue weighted by Crippen LogP contribution is -2.20. The van der Waals surface area contributed by atoms with Crippen molar-refractivity contribution in [3.8, 4) is 5.75 Å². The van der Waals surface area contributed by atoms with Gasteiger partial charge >= 0.3 is 6.09 Å². The summed E-state index contributed by atoms with van der Waals surface area (Å²) < 4.78 is 18.5. The molecule has 2 rings (SSSR count). The first kappa shape index (κ1) is 15.9. The van der Waals surface area contributed by atoms with Gasteiger partial charge in [0.15, 0.2) is 0 Å². The molecule has 0 aliphatic rings. The third-order valence-electron chi connectivity index (χ3n) is 2.75. The number of primary amides is 1. The molecule has 0 radical (unpaired) electrons. The van der Waals surface area contributed by atoms with Gasteiger partial charge in [-0.25, -0.2) is 9.18 Å². The maximum Gasteiger partial charge on any atom is 0.417 e. The molecule has 2 amide bonds. The topological polar surface area (TPSA) is 125 Å². The van der Waals surface area contributed by atoms with Crippen molar-refractivity contribution in [2.45, 2.75) is 0 Å². The van der Waals surface area contributed by atoms with E-state index in [4.69, 9.17) is 10.5 Å². The Morgan fingerprint density at radius 3 is 2.57 bits per heavy atom. The lowest BCUT2D eigenvalue weighted by molar-refractivity contribution is -0.384. The van der Waals surface area contributed by atoms with Gasteiger partial charge in [-0.15, -0.1) is 0 Å². The van der Waals surface area contributed by atoms with E-state index in [1.165, 1.54) is 24.3 Å². The molecule has 0 spiro atoms. The van der Waals surface area contributed by atoms with E-state index >= 15 is 0 Å². The van der Waals surface area contributed by atoms with Gasteiger partial charge in [0.2, 0.25) is 0 Å². The third kappa shape index (κ3) is 3.79. The highest BCUT2D eigenvalue weighted by Crippen LogP contribution is 2.22. The number of ether oxygens (including phenoxy) is 1. The fourth-order valence-corrected chi connectivity index (χ4v) is 1.72. The molecule has 0 heterocycles. The van der Waals surface area contributed by atoms with E-state index < -0.39 is 34.1 Å². The van der Waals surface area contributed by atoms with Crippen molar-refractivity contribution in [1.29, 1.82) is 0 Å². The number of nitro groups is 1. The molecule has 0 aromatic heterocycles. The minimum atomic E-state index is -1.13. The molecule has 9 heteroatoms. The molecule has 23 heavy (non-hydrogen) atoms. The zero-order valence-corrected chi connectivity index (χ0v) is 11.5. The van der Waals surface area contributed by atoms with Gasteiger partial charge in [0.1, 0.15) is 11.6 Å². The fraction of sp³-hybridized carbons (Fsp3) is 0. The number of anilines is 1. The summed E-state index contributed by atoms with van der Waals surface area (Å²) in [7, 11) is 0. The van der Waals surface area contributed by atoms with Gasteiger partial charge in [-0.1, -0.05) is 12.1 Å². The molecule has 0 aliphatic carbocycles. The van der Waals surface area contributed by atoms with E-state index in [0.29, 0.717) is 0 Å². The molecule has 0 fully saturated rings. The summed E-state index contributed by atoms with van der Waals surface area (Å²) in [5, 5.41) is 12.7. The lowest BCUT2D eigenvalue weighted by atomic mass is 10.2. The van der Waals surface area contributed by atoms with E-state index in [1.807, 2.05) is 5.32 Å². The van der Waals surface area contributed by atoms with Crippen molar-refractivity contribution in [1.82, 2.24) is 0 Å². The zero-order chi connectivity index (χ0) is 17.0. The fourth-order valence-electron chi connectivity index (χ4n) is 1.72. The number of carbonyl (C=O) groups excluding carboxylic acids is 2. The van der Waals surface area contributed by atoms with E-state index in [2.05, 4.69) is 0 Å². The van der Waals surface area contributed by atoms with Crippen LogP contribution in [0.5, 0.6) is 5.75 Å². The van der Waals surface area contributed by atoms with Gasteiger partial charge in [-0.3, -0.25) is 20.2 Å². The normalized spacial score (nSPS) is 9.96. The van der Waals surface area contributed by atoms with Crippen molar-refractivity contribution >= 4 is 23.4 Å². The maximum absolute atomic E-state index is 13.6. The number of non-ortho nitro benzene ring substituents is 1. The number of nitro benzene ring substituents is 1. The highest BCUT2D eigenvalue weighted by atomic mass is 19.1. The smallest absolute Gasteiger partial charge is 0.409 e. The number of carbonyl (C=O) groups is 2. The summed E-state index contributed by atoms with van der Waals surface area (Å²) in [5.41, 5.74) is 4.26. The van der Waals surface area contributed by atoms with Crippen LogP contribution in [0, 0.1) is 15.9 Å². The zero-order valence-electron chi connectivity index (χ0n) is 11.5. The van der Waals surface area contributed by atoms with Crippen molar-refractivity contribution < 1.29 is 23.6 Å². The highest BCUT2D eigenvalue weighted by molar-refractivity contribution is 5.97. The molecule has 0 bridgehead atoms. The molecular weight excluding hydrogens is 309 g/mol. The van der Waals surface area contributed by atoms with Crippen LogP contribution >= 0.6 is 0 Å². The molecule has 0 aliphatic heterocycles. The van der Waals surface area contributed by atoms with Crippen LogP contribution in [0.25, 0.3) is 0 Å². The van der Waals surface area contributed by atoms with Crippen LogP contribution in [0.1, 0.15) is 10.4 Å². The minimum absolute atomic E-state index is 0.0397. The number of rotatable bonds is 4. The summed E-state index contributed by atoms with van der Waals surface area (Å²) in [5.74, 6) is -1.81. The molecule has 3 N–H and O–H groups in total. The first-order valence-corrected chi connectivity index (χ1v) is 6.20. The van der Waals surface area contributed by atoms with Gasteiger partial charge in [0.05, 0.1) is 16.2 Å². The number of amides is 2. The van der Waals surface area contributed by atoms with Crippen LogP contribution < -0.4 is 15.8 Å². The summed E-state index contributed by atoms with van der Waals surface area (Å²) in [6.45, 7) is 0. The second-order valence-corrected chi connectivity index (χ2v) is 4.30. The largest absolute Gasteiger partial charge is 0.417 e. The number of benzene rings is 2. The molecule has 2 aromatic carbocycles. The molecule has 8 nitrogen and oxygen atoms in total. The van der Waals surface area contributed by atoms with Crippen LogP contribution in [0.2, 0.25) is 0 Å². The standard InChI is InChI=1S/C14H10FN3O5/c15-10-6-5-8(18(21)22)7-11(10)17-14(20)23-12-4-2-1-3-9(12)13(16)19/h1-7H,(H2,16,19)(H,17,20). The van der Waals surface area contributed by atoms with Crippen LogP contribution in [-0.4, -0.2) is 16.9 Å². The summed E-state index contributed by atoms with van der Waals surface area (Å²) in [6, 6.07) is 8.33. The highest BCUT2D eigenvalue weighted by Gasteiger charge is 2.16. The van der Waals surface area contributed by atoms with Crippen molar-refractivity contribution in [2.24, 2.45) is 5.73 Å². The Bertz CT molecular complexity index is 794. The van der Waals surface area contributed by atoms with Crippen LogP contribution in [0.4, 0.5) is 20.6 Å². The van der Waals surface area contributed by atoms with Gasteiger partial charge in [0.25, 0.3) is 11.6 Å². The lowest BCUT2D eigenvalue weighted by Gasteiger charge is -2.09. The number of hydrogen-bond acceptors (Lipinski definition) is 5. The average Bonchev–Trinajstić information content (AvgIpc) is 2.49. The molecule has 118 valence electrons. The molecular formula is C14H10FN3O5. The van der Waals surface area contributed by atoms with E-state index in [9.17, 15) is 24.1 Å². The van der Waals surface area contributed by atoms with E-state index in [-0.39, 0.29) is 11.3 Å². The Hall–Kier alpha value is -3.49. The quantitative estimate of drug-likeness (QED) is 0.661. The van der Waals surface area contributed by atoms with E-state index in [1.54, 1.807) is 0 Å². The third-order valence-corrected chi connectivity index (χ3v) is 2.75. The first-order valence-electron chi connectivity index (χ1n) is 6.20. The van der Waals surface area contributed by atoms with Crippen molar-refractivity contribution in [3.63, 3.8) is 0 Å². The first-order chi connectivity index (χ1) is 10.9. The van der Waals surface area contributed by atoms with Crippen molar-refractivity contribution in [3.05, 3.63) is 64.0 Å². The van der Waals surface area contributed by atoms with Crippen LogP contribution in [0.15, 0.2) is 42.5 Å². The van der Waals surface area contributed by atoms with Crippen molar-refractivity contribution in [2.75, 3.05) is 5.32 Å². The predicted octanol–water partition coefficient (Wildman–Crippen LogP) is 2.44. The van der Waals surface area contributed by atoms with Gasteiger partial charge < -0.3 is 10.5 Å². The number of nitrogens with zero attached hydrogens (tertiary/aromatic N) is 1. The monoisotopic (exact) mass is 319 g/mol. The molecule has 0 unspecified atom stereocenters. The Balaban J connectivity index is 2.19. The molecule has 2 aromatic rings.